The maximum atomic E-state index is 7.17. The van der Waals surface area contributed by atoms with Crippen molar-refractivity contribution in [2.75, 3.05) is 0 Å². The van der Waals surface area contributed by atoms with E-state index in [2.05, 4.69) is 4.98 Å². The Hall–Kier alpha value is -1.91. The van der Waals surface area contributed by atoms with Crippen LogP contribution in [0.4, 0.5) is 0 Å². The Morgan fingerprint density at radius 2 is 1.54 bits per heavy atom. The summed E-state index contributed by atoms with van der Waals surface area (Å²) in [4.78, 5) is 3.93. The van der Waals surface area contributed by atoms with Crippen LogP contribution < -0.4 is 11.5 Å². The number of hydrogen-bond donors (Lipinski definition) is 4. The number of nitrogens with one attached hydrogen (secondary N) is 2. The highest BCUT2D eigenvalue weighted by Gasteiger charge is 2.04. The number of aromatic nitrogens is 1. The normalized spacial score (nSPS) is 9.62. The van der Waals surface area contributed by atoms with Crippen LogP contribution in [0.1, 0.15) is 17.0 Å². The van der Waals surface area contributed by atoms with E-state index in [1.807, 2.05) is 6.92 Å². The van der Waals surface area contributed by atoms with Gasteiger partial charge in [0, 0.05) is 0 Å². The summed E-state index contributed by atoms with van der Waals surface area (Å²) >= 11 is 0. The van der Waals surface area contributed by atoms with Gasteiger partial charge in [0.05, 0.1) is 0 Å². The molecule has 0 aliphatic rings. The van der Waals surface area contributed by atoms with Crippen LogP contribution in [-0.2, 0) is 0 Å². The first kappa shape index (κ1) is 9.18. The molecule has 1 rings (SSSR count). The van der Waals surface area contributed by atoms with E-state index in [4.69, 9.17) is 22.3 Å². The number of aryl methyl sites for hydroxylation is 1. The molecule has 68 valence electrons. The lowest BCUT2D eigenvalue weighted by atomic mass is 10.2. The van der Waals surface area contributed by atoms with Crippen LogP contribution in [0, 0.1) is 17.7 Å². The average Bonchev–Trinajstić information content (AvgIpc) is 2.03. The number of nitrogens with two attached hydrogens (primary N) is 2. The zero-order valence-corrected chi connectivity index (χ0v) is 7.26. The summed E-state index contributed by atoms with van der Waals surface area (Å²) in [6, 6.07) is 3.35. The topological polar surface area (TPSA) is 113 Å². The fourth-order valence-electron chi connectivity index (χ4n) is 0.943. The highest BCUT2D eigenvalue weighted by atomic mass is 14.9. The van der Waals surface area contributed by atoms with E-state index < -0.39 is 0 Å². The van der Waals surface area contributed by atoms with Gasteiger partial charge in [0.1, 0.15) is 23.1 Å². The predicted molar refractivity (Wildman–Crippen MR) is 51.0 cm³/mol. The van der Waals surface area contributed by atoms with Crippen molar-refractivity contribution in [3.05, 3.63) is 29.1 Å². The highest BCUT2D eigenvalue weighted by Crippen LogP contribution is 2.03. The second-order valence-corrected chi connectivity index (χ2v) is 2.74. The molecular formula is C8H11N5. The number of rotatable bonds is 2. The monoisotopic (exact) mass is 177 g/mol. The van der Waals surface area contributed by atoms with Crippen molar-refractivity contribution in [1.29, 1.82) is 10.8 Å². The average molecular weight is 177 g/mol. The van der Waals surface area contributed by atoms with Crippen molar-refractivity contribution < 1.29 is 0 Å². The number of amidine groups is 2. The summed E-state index contributed by atoms with van der Waals surface area (Å²) in [6.07, 6.45) is 0. The number of nitrogen functional groups attached to an aromatic ring is 2. The highest BCUT2D eigenvalue weighted by molar-refractivity contribution is 5.97. The van der Waals surface area contributed by atoms with E-state index in [1.54, 1.807) is 12.1 Å². The molecule has 0 saturated heterocycles. The van der Waals surface area contributed by atoms with Crippen LogP contribution in [0.15, 0.2) is 12.1 Å². The molecule has 0 fully saturated rings. The van der Waals surface area contributed by atoms with Gasteiger partial charge in [-0.2, -0.15) is 0 Å². The molecule has 0 amide bonds. The lowest BCUT2D eigenvalue weighted by molar-refractivity contribution is 1.19. The maximum Gasteiger partial charge on any atom is 0.141 e. The lowest BCUT2D eigenvalue weighted by Crippen LogP contribution is -2.19. The van der Waals surface area contributed by atoms with Gasteiger partial charge in [-0.05, 0) is 24.6 Å². The molecule has 1 heterocycles. The largest absolute Gasteiger partial charge is 0.382 e. The number of pyridine rings is 1. The molecule has 0 aliphatic carbocycles. The predicted octanol–water partition coefficient (Wildman–Crippen LogP) is -0.0418. The first-order chi connectivity index (χ1) is 6.00. The Morgan fingerprint density at radius 3 is 1.85 bits per heavy atom. The maximum absolute atomic E-state index is 7.17. The minimum absolute atomic E-state index is 0.119. The molecule has 13 heavy (non-hydrogen) atoms. The molecule has 0 saturated carbocycles. The van der Waals surface area contributed by atoms with Gasteiger partial charge >= 0.3 is 0 Å². The van der Waals surface area contributed by atoms with Crippen LogP contribution in [-0.4, -0.2) is 16.7 Å². The SMILES string of the molecule is Cc1cc(C(=N)N)nc(C(=N)N)c1. The summed E-state index contributed by atoms with van der Waals surface area (Å²) in [7, 11) is 0. The quantitative estimate of drug-likeness (QED) is 0.375. The molecule has 0 aromatic carbocycles. The van der Waals surface area contributed by atoms with Gasteiger partial charge in [-0.25, -0.2) is 4.98 Å². The van der Waals surface area contributed by atoms with Crippen LogP contribution in [0.2, 0.25) is 0 Å². The molecule has 6 N–H and O–H groups in total. The van der Waals surface area contributed by atoms with E-state index in [-0.39, 0.29) is 11.7 Å². The van der Waals surface area contributed by atoms with Crippen molar-refractivity contribution in [2.45, 2.75) is 6.92 Å². The van der Waals surface area contributed by atoms with Crippen LogP contribution in [0.25, 0.3) is 0 Å². The van der Waals surface area contributed by atoms with Gasteiger partial charge in [-0.1, -0.05) is 0 Å². The molecule has 0 radical (unpaired) electrons. The lowest BCUT2D eigenvalue weighted by Gasteiger charge is -2.03. The van der Waals surface area contributed by atoms with E-state index in [9.17, 15) is 0 Å². The van der Waals surface area contributed by atoms with Crippen LogP contribution in [0.5, 0.6) is 0 Å². The molecule has 5 heteroatoms. The standard InChI is InChI=1S/C8H11N5/c1-4-2-5(7(9)10)13-6(3-4)8(11)12/h2-3H,1H3,(H3,9,10)(H3,11,12). The second-order valence-electron chi connectivity index (χ2n) is 2.74. The summed E-state index contributed by atoms with van der Waals surface area (Å²) in [6.45, 7) is 1.83. The number of nitrogens with zero attached hydrogens (tertiary/aromatic N) is 1. The van der Waals surface area contributed by atoms with Gasteiger partial charge < -0.3 is 11.5 Å². The Kier molecular flexibility index (Phi) is 2.27. The fraction of sp³-hybridized carbons (Fsp3) is 0.125. The Balaban J connectivity index is 3.26. The molecule has 0 aliphatic heterocycles. The van der Waals surface area contributed by atoms with Gasteiger partial charge in [0.25, 0.3) is 0 Å². The molecule has 0 atom stereocenters. The minimum atomic E-state index is -0.119. The third kappa shape index (κ3) is 2.02. The third-order valence-corrected chi connectivity index (χ3v) is 1.52. The molecule has 0 bridgehead atoms. The molecule has 1 aromatic heterocycles. The van der Waals surface area contributed by atoms with Crippen LogP contribution in [0.3, 0.4) is 0 Å². The number of hydrogen-bond acceptors (Lipinski definition) is 3. The van der Waals surface area contributed by atoms with Crippen molar-refractivity contribution in [3.63, 3.8) is 0 Å². The van der Waals surface area contributed by atoms with Gasteiger partial charge in [-0.3, -0.25) is 10.8 Å². The molecule has 0 unspecified atom stereocenters. The van der Waals surface area contributed by atoms with Gasteiger partial charge in [0.15, 0.2) is 0 Å². The van der Waals surface area contributed by atoms with Gasteiger partial charge in [0.2, 0.25) is 0 Å². The molecular weight excluding hydrogens is 166 g/mol. The van der Waals surface area contributed by atoms with E-state index in [0.29, 0.717) is 11.4 Å². The minimum Gasteiger partial charge on any atom is -0.382 e. The van der Waals surface area contributed by atoms with Crippen molar-refractivity contribution in [3.8, 4) is 0 Å². The first-order valence-electron chi connectivity index (χ1n) is 3.68. The molecule has 5 nitrogen and oxygen atoms in total. The first-order valence-corrected chi connectivity index (χ1v) is 3.68. The third-order valence-electron chi connectivity index (χ3n) is 1.52. The van der Waals surface area contributed by atoms with Gasteiger partial charge in [-0.15, -0.1) is 0 Å². The summed E-state index contributed by atoms with van der Waals surface area (Å²) in [5.74, 6) is -0.239. The summed E-state index contributed by atoms with van der Waals surface area (Å²) < 4.78 is 0. The van der Waals surface area contributed by atoms with Crippen molar-refractivity contribution >= 4 is 11.7 Å². The molecule has 0 spiro atoms. The Labute approximate surface area is 75.8 Å². The van der Waals surface area contributed by atoms with Crippen molar-refractivity contribution in [1.82, 2.24) is 4.98 Å². The summed E-state index contributed by atoms with van der Waals surface area (Å²) in [5.41, 5.74) is 12.1. The van der Waals surface area contributed by atoms with E-state index in [1.165, 1.54) is 0 Å². The van der Waals surface area contributed by atoms with E-state index >= 15 is 0 Å². The van der Waals surface area contributed by atoms with E-state index in [0.717, 1.165) is 5.56 Å². The smallest absolute Gasteiger partial charge is 0.141 e. The zero-order valence-electron chi connectivity index (χ0n) is 7.26. The fourth-order valence-corrected chi connectivity index (χ4v) is 0.943. The Bertz CT molecular complexity index is 337. The summed E-state index contributed by atoms with van der Waals surface area (Å²) in [5, 5.41) is 14.3. The second kappa shape index (κ2) is 3.22. The van der Waals surface area contributed by atoms with Crippen LogP contribution >= 0.6 is 0 Å². The van der Waals surface area contributed by atoms with Crippen molar-refractivity contribution in [2.24, 2.45) is 11.5 Å². The Morgan fingerprint density at radius 1 is 1.15 bits per heavy atom. The molecule has 1 aromatic rings. The zero-order chi connectivity index (χ0) is 10.0.